The predicted octanol–water partition coefficient (Wildman–Crippen LogP) is 2.99. The quantitative estimate of drug-likeness (QED) is 0.877. The summed E-state index contributed by atoms with van der Waals surface area (Å²) in [7, 11) is 0. The summed E-state index contributed by atoms with van der Waals surface area (Å²) in [6.07, 6.45) is 3.52. The van der Waals surface area contributed by atoms with Crippen LogP contribution in [0.4, 0.5) is 10.1 Å². The van der Waals surface area contributed by atoms with Gasteiger partial charge in [0.2, 0.25) is 5.91 Å². The van der Waals surface area contributed by atoms with Crippen molar-refractivity contribution in [2.24, 2.45) is 0 Å². The molecule has 0 saturated carbocycles. The first kappa shape index (κ1) is 14.0. The molecule has 19 heavy (non-hydrogen) atoms. The number of carbonyl (C=O) groups is 1. The van der Waals surface area contributed by atoms with Gasteiger partial charge >= 0.3 is 0 Å². The highest BCUT2D eigenvalue weighted by Crippen LogP contribution is 2.27. The summed E-state index contributed by atoms with van der Waals surface area (Å²) in [6.45, 7) is 4.79. The fraction of sp³-hybridized carbons (Fsp3) is 0.533. The van der Waals surface area contributed by atoms with Crippen molar-refractivity contribution in [3.8, 4) is 0 Å². The molecule has 3 nitrogen and oxygen atoms in total. The van der Waals surface area contributed by atoms with E-state index in [2.05, 4.69) is 17.6 Å². The third-order valence-corrected chi connectivity index (χ3v) is 3.73. The van der Waals surface area contributed by atoms with Gasteiger partial charge < -0.3 is 10.6 Å². The molecule has 1 aromatic rings. The Morgan fingerprint density at radius 2 is 2.32 bits per heavy atom. The van der Waals surface area contributed by atoms with Crippen LogP contribution in [0, 0.1) is 12.7 Å². The van der Waals surface area contributed by atoms with Crippen molar-refractivity contribution in [3.63, 3.8) is 0 Å². The Hall–Kier alpha value is -1.42. The fourth-order valence-corrected chi connectivity index (χ4v) is 2.73. The first-order chi connectivity index (χ1) is 9.07. The number of carbonyl (C=O) groups excluding carboxylic acids is 1. The molecule has 1 fully saturated rings. The molecule has 0 bridgehead atoms. The van der Waals surface area contributed by atoms with Gasteiger partial charge in [-0.3, -0.25) is 4.79 Å². The molecule has 0 spiro atoms. The average Bonchev–Trinajstić information content (AvgIpc) is 2.84. The maximum atomic E-state index is 13.7. The highest BCUT2D eigenvalue weighted by molar-refractivity contribution is 5.98. The van der Waals surface area contributed by atoms with Gasteiger partial charge in [0.05, 0.1) is 11.2 Å². The van der Waals surface area contributed by atoms with E-state index in [1.807, 2.05) is 6.92 Å². The maximum absolute atomic E-state index is 13.7. The highest BCUT2D eigenvalue weighted by Gasteiger charge is 2.40. The number of benzene rings is 1. The van der Waals surface area contributed by atoms with E-state index in [1.54, 1.807) is 12.1 Å². The summed E-state index contributed by atoms with van der Waals surface area (Å²) in [5.74, 6) is -0.500. The van der Waals surface area contributed by atoms with Gasteiger partial charge in [0.25, 0.3) is 0 Å². The van der Waals surface area contributed by atoms with Crippen molar-refractivity contribution < 1.29 is 9.18 Å². The van der Waals surface area contributed by atoms with E-state index in [-0.39, 0.29) is 17.4 Å². The second kappa shape index (κ2) is 5.70. The second-order valence-corrected chi connectivity index (χ2v) is 5.30. The van der Waals surface area contributed by atoms with Crippen LogP contribution in [0.2, 0.25) is 0 Å². The van der Waals surface area contributed by atoms with Crippen LogP contribution < -0.4 is 10.6 Å². The molecule has 2 N–H and O–H groups in total. The van der Waals surface area contributed by atoms with Crippen LogP contribution in [0.15, 0.2) is 18.2 Å². The zero-order valence-corrected chi connectivity index (χ0v) is 11.6. The lowest BCUT2D eigenvalue weighted by atomic mass is 9.90. The van der Waals surface area contributed by atoms with Gasteiger partial charge in [-0.1, -0.05) is 19.4 Å². The molecule has 0 aliphatic carbocycles. The van der Waals surface area contributed by atoms with E-state index < -0.39 is 5.54 Å². The molecule has 1 saturated heterocycles. The Morgan fingerprint density at radius 3 is 2.95 bits per heavy atom. The SMILES string of the molecule is CCCC1(C(=O)Nc2cc(C)ccc2F)CCCN1. The first-order valence-electron chi connectivity index (χ1n) is 6.90. The minimum absolute atomic E-state index is 0.114. The highest BCUT2D eigenvalue weighted by atomic mass is 19.1. The van der Waals surface area contributed by atoms with Crippen LogP contribution in [0.25, 0.3) is 0 Å². The monoisotopic (exact) mass is 264 g/mol. The minimum Gasteiger partial charge on any atom is -0.322 e. The fourth-order valence-electron chi connectivity index (χ4n) is 2.73. The molecule has 1 unspecified atom stereocenters. The Kier molecular flexibility index (Phi) is 4.20. The van der Waals surface area contributed by atoms with Gasteiger partial charge in [0, 0.05) is 0 Å². The average molecular weight is 264 g/mol. The molecule has 1 aliphatic rings. The molecule has 1 aliphatic heterocycles. The van der Waals surface area contributed by atoms with Crippen LogP contribution in [0.3, 0.4) is 0 Å². The molecular weight excluding hydrogens is 243 g/mol. The number of halogens is 1. The van der Waals surface area contributed by atoms with E-state index in [9.17, 15) is 9.18 Å². The molecule has 1 amide bonds. The Labute approximate surface area is 113 Å². The van der Waals surface area contributed by atoms with E-state index in [4.69, 9.17) is 0 Å². The van der Waals surface area contributed by atoms with Gasteiger partial charge in [-0.15, -0.1) is 0 Å². The third kappa shape index (κ3) is 2.95. The summed E-state index contributed by atoms with van der Waals surface area (Å²) in [5.41, 5.74) is 0.681. The van der Waals surface area contributed by atoms with Gasteiger partial charge in [-0.05, 0) is 50.4 Å². The molecule has 1 aromatic carbocycles. The summed E-state index contributed by atoms with van der Waals surface area (Å²) in [4.78, 5) is 12.4. The number of anilines is 1. The van der Waals surface area contributed by atoms with Gasteiger partial charge in [0.1, 0.15) is 5.82 Å². The maximum Gasteiger partial charge on any atom is 0.244 e. The summed E-state index contributed by atoms with van der Waals surface area (Å²) < 4.78 is 13.7. The number of hydrogen-bond acceptors (Lipinski definition) is 2. The topological polar surface area (TPSA) is 41.1 Å². The van der Waals surface area contributed by atoms with Crippen LogP contribution in [-0.4, -0.2) is 18.0 Å². The predicted molar refractivity (Wildman–Crippen MR) is 74.6 cm³/mol. The number of aryl methyl sites for hydroxylation is 1. The van der Waals surface area contributed by atoms with Crippen LogP contribution in [-0.2, 0) is 4.79 Å². The van der Waals surface area contributed by atoms with Crippen molar-refractivity contribution in [1.29, 1.82) is 0 Å². The molecule has 104 valence electrons. The van der Waals surface area contributed by atoms with Crippen molar-refractivity contribution in [1.82, 2.24) is 5.32 Å². The Balaban J connectivity index is 2.17. The number of amides is 1. The first-order valence-corrected chi connectivity index (χ1v) is 6.90. The number of nitrogens with one attached hydrogen (secondary N) is 2. The van der Waals surface area contributed by atoms with E-state index in [0.29, 0.717) is 0 Å². The van der Waals surface area contributed by atoms with E-state index in [0.717, 1.165) is 37.8 Å². The minimum atomic E-state index is -0.523. The van der Waals surface area contributed by atoms with Crippen molar-refractivity contribution in [3.05, 3.63) is 29.6 Å². The molecule has 1 heterocycles. The Bertz CT molecular complexity index is 467. The van der Waals surface area contributed by atoms with Crippen LogP contribution in [0.5, 0.6) is 0 Å². The van der Waals surface area contributed by atoms with Crippen molar-refractivity contribution in [2.45, 2.75) is 45.1 Å². The summed E-state index contributed by atoms with van der Waals surface area (Å²) >= 11 is 0. The van der Waals surface area contributed by atoms with Crippen LogP contribution >= 0.6 is 0 Å². The van der Waals surface area contributed by atoms with Gasteiger partial charge in [-0.25, -0.2) is 4.39 Å². The third-order valence-electron chi connectivity index (χ3n) is 3.73. The molecule has 0 radical (unpaired) electrons. The van der Waals surface area contributed by atoms with Gasteiger partial charge in [-0.2, -0.15) is 0 Å². The lowest BCUT2D eigenvalue weighted by Gasteiger charge is -2.28. The van der Waals surface area contributed by atoms with Crippen molar-refractivity contribution >= 4 is 11.6 Å². The second-order valence-electron chi connectivity index (χ2n) is 5.30. The Morgan fingerprint density at radius 1 is 1.53 bits per heavy atom. The van der Waals surface area contributed by atoms with Gasteiger partial charge in [0.15, 0.2) is 0 Å². The smallest absolute Gasteiger partial charge is 0.244 e. The molecule has 1 atom stereocenters. The van der Waals surface area contributed by atoms with Crippen molar-refractivity contribution in [2.75, 3.05) is 11.9 Å². The summed E-state index contributed by atoms with van der Waals surface area (Å²) in [6, 6.07) is 4.75. The van der Waals surface area contributed by atoms with E-state index in [1.165, 1.54) is 6.07 Å². The number of hydrogen-bond donors (Lipinski definition) is 2. The molecule has 4 heteroatoms. The number of rotatable bonds is 4. The summed E-state index contributed by atoms with van der Waals surface area (Å²) in [5, 5.41) is 6.03. The zero-order valence-electron chi connectivity index (χ0n) is 11.6. The lowest BCUT2D eigenvalue weighted by Crippen LogP contribution is -2.50. The standard InChI is InChI=1S/C15H21FN2O/c1-3-7-15(8-4-9-17-15)14(19)18-13-10-11(2)5-6-12(13)16/h5-6,10,17H,3-4,7-9H2,1-2H3,(H,18,19). The lowest BCUT2D eigenvalue weighted by molar-refractivity contribution is -0.122. The normalized spacial score (nSPS) is 22.5. The molecule has 0 aromatic heterocycles. The van der Waals surface area contributed by atoms with E-state index >= 15 is 0 Å². The zero-order chi connectivity index (χ0) is 13.9. The molecule has 2 rings (SSSR count). The molecular formula is C15H21FN2O. The largest absolute Gasteiger partial charge is 0.322 e. The van der Waals surface area contributed by atoms with Crippen LogP contribution in [0.1, 0.15) is 38.2 Å².